The van der Waals surface area contributed by atoms with Crippen molar-refractivity contribution in [1.29, 1.82) is 0 Å². The highest BCUT2D eigenvalue weighted by Gasteiger charge is 2.17. The van der Waals surface area contributed by atoms with Crippen molar-refractivity contribution in [3.05, 3.63) is 47.5 Å². The van der Waals surface area contributed by atoms with Crippen molar-refractivity contribution < 1.29 is 54.2 Å². The zero-order valence-electron chi connectivity index (χ0n) is 15.0. The second-order valence-electron chi connectivity index (χ2n) is 4.46. The molecule has 0 amide bonds. The third-order valence-electron chi connectivity index (χ3n) is 2.57. The number of aliphatic hydroxyl groups excluding tert-OH is 2. The monoisotopic (exact) mass is 402 g/mol. The maximum absolute atomic E-state index is 10.6. The van der Waals surface area contributed by atoms with Crippen LogP contribution in [0.2, 0.25) is 0 Å². The van der Waals surface area contributed by atoms with Gasteiger partial charge in [0.25, 0.3) is 0 Å². The molecule has 1 aromatic rings. The minimum Gasteiger partial charge on any atom is -0.478 e. The second kappa shape index (κ2) is 15.9. The van der Waals surface area contributed by atoms with Gasteiger partial charge in [-0.2, -0.15) is 0 Å². The highest BCUT2D eigenvalue weighted by atomic mass is 16.5. The Kier molecular flexibility index (Phi) is 15.3. The molecule has 0 aliphatic rings. The van der Waals surface area contributed by atoms with Gasteiger partial charge in [0.2, 0.25) is 0 Å². The van der Waals surface area contributed by atoms with Crippen LogP contribution in [0.25, 0.3) is 0 Å². The number of aromatic carboxylic acids is 3. The summed E-state index contributed by atoms with van der Waals surface area (Å²) in [6.45, 7) is 3.85. The lowest BCUT2D eigenvalue weighted by Gasteiger charge is -2.02. The Bertz CT molecular complexity index is 663. The van der Waals surface area contributed by atoms with Crippen LogP contribution >= 0.6 is 0 Å². The maximum atomic E-state index is 10.6. The summed E-state index contributed by atoms with van der Waals surface area (Å²) < 4.78 is 8.77. The molecule has 5 N–H and O–H groups in total. The Morgan fingerprint density at radius 3 is 1.71 bits per heavy atom. The molecule has 28 heavy (non-hydrogen) atoms. The summed E-state index contributed by atoms with van der Waals surface area (Å²) >= 11 is 0. The number of esters is 1. The molecule has 0 saturated heterocycles. The molecule has 1 aromatic carbocycles. The van der Waals surface area contributed by atoms with Gasteiger partial charge in [0, 0.05) is 6.08 Å². The first kappa shape index (κ1) is 26.9. The minimum atomic E-state index is -1.48. The molecule has 0 saturated carbocycles. The maximum Gasteiger partial charge on any atom is 0.336 e. The molecule has 1 rings (SSSR count). The summed E-state index contributed by atoms with van der Waals surface area (Å²) in [6, 6.07) is 2.81. The van der Waals surface area contributed by atoms with Gasteiger partial charge in [-0.3, -0.25) is 0 Å². The van der Waals surface area contributed by atoms with Crippen LogP contribution in [0.3, 0.4) is 0 Å². The molecule has 156 valence electrons. The van der Waals surface area contributed by atoms with Crippen molar-refractivity contribution in [2.45, 2.75) is 0 Å². The van der Waals surface area contributed by atoms with Gasteiger partial charge in [0.1, 0.15) is 0 Å². The van der Waals surface area contributed by atoms with Crippen molar-refractivity contribution in [3.8, 4) is 0 Å². The van der Waals surface area contributed by atoms with E-state index in [0.717, 1.165) is 24.3 Å². The summed E-state index contributed by atoms with van der Waals surface area (Å²) in [5.41, 5.74) is -1.24. The van der Waals surface area contributed by atoms with Crippen molar-refractivity contribution in [2.24, 2.45) is 0 Å². The van der Waals surface area contributed by atoms with E-state index in [1.807, 2.05) is 0 Å². The van der Waals surface area contributed by atoms with Crippen molar-refractivity contribution in [3.63, 3.8) is 0 Å². The number of ether oxygens (including phenoxy) is 2. The first-order valence-electron chi connectivity index (χ1n) is 7.49. The number of benzene rings is 1. The lowest BCUT2D eigenvalue weighted by molar-refractivity contribution is -0.134. The van der Waals surface area contributed by atoms with Gasteiger partial charge in [0.15, 0.2) is 0 Å². The smallest absolute Gasteiger partial charge is 0.336 e. The number of carbonyl (C=O) groups is 4. The van der Waals surface area contributed by atoms with E-state index in [-0.39, 0.29) is 18.8 Å². The van der Waals surface area contributed by atoms with Crippen molar-refractivity contribution in [2.75, 3.05) is 33.5 Å². The van der Waals surface area contributed by atoms with Crippen LogP contribution in [0.5, 0.6) is 0 Å². The number of carboxylic acids is 3. The number of rotatable bonds is 8. The fourth-order valence-corrected chi connectivity index (χ4v) is 1.36. The van der Waals surface area contributed by atoms with E-state index in [1.165, 1.54) is 7.11 Å². The summed E-state index contributed by atoms with van der Waals surface area (Å²) in [5, 5.41) is 42.1. The number of aliphatic hydroxyl groups is 2. The fraction of sp³-hybridized carbons (Fsp3) is 0.294. The van der Waals surface area contributed by atoms with Crippen LogP contribution in [-0.4, -0.2) is 82.9 Å². The highest BCUT2D eigenvalue weighted by molar-refractivity contribution is 6.03. The third-order valence-corrected chi connectivity index (χ3v) is 2.57. The first-order valence-corrected chi connectivity index (χ1v) is 7.49. The lowest BCUT2D eigenvalue weighted by atomic mass is 10.0. The Morgan fingerprint density at radius 2 is 1.43 bits per heavy atom. The summed E-state index contributed by atoms with van der Waals surface area (Å²) in [6.07, 6.45) is 1.11. The average Bonchev–Trinajstić information content (AvgIpc) is 2.68. The molecule has 0 aliphatic heterocycles. The van der Waals surface area contributed by atoms with E-state index in [4.69, 9.17) is 25.5 Å². The van der Waals surface area contributed by atoms with Crippen LogP contribution in [0.1, 0.15) is 31.1 Å². The molecule has 11 heteroatoms. The van der Waals surface area contributed by atoms with Gasteiger partial charge in [-0.1, -0.05) is 6.58 Å². The number of carboxylic acid groups (broad SMARTS) is 3. The largest absolute Gasteiger partial charge is 0.478 e. The second-order valence-corrected chi connectivity index (χ2v) is 4.46. The quantitative estimate of drug-likeness (QED) is 0.225. The van der Waals surface area contributed by atoms with Crippen LogP contribution < -0.4 is 0 Å². The van der Waals surface area contributed by atoms with Gasteiger partial charge in [-0.25, -0.2) is 19.2 Å². The molecule has 0 atom stereocenters. The van der Waals surface area contributed by atoms with Crippen LogP contribution in [0.15, 0.2) is 30.9 Å². The van der Waals surface area contributed by atoms with Gasteiger partial charge in [-0.15, -0.1) is 0 Å². The number of methoxy groups -OCH3 is 1. The Balaban J connectivity index is 0. The van der Waals surface area contributed by atoms with Gasteiger partial charge in [0.05, 0.1) is 50.2 Å². The van der Waals surface area contributed by atoms with Gasteiger partial charge >= 0.3 is 23.9 Å². The zero-order chi connectivity index (χ0) is 22.1. The average molecular weight is 402 g/mol. The highest BCUT2D eigenvalue weighted by Crippen LogP contribution is 2.12. The SMILES string of the molecule is C=CC(=O)OC.O=C(O)c1ccc(C(=O)O)c(C(=O)O)c1.OCCOCCO. The molecule has 0 aromatic heterocycles. The standard InChI is InChI=1S/C9H6O6.C4H10O3.C4H6O2/c10-7(11)4-1-2-5(8(12)13)6(3-4)9(14)15;5-1-3-7-4-2-6;1-3-4(5)6-2/h1-3H,(H,10,11)(H,12,13)(H,14,15);5-6H,1-4H2;3H,1H2,2H3. The zero-order valence-corrected chi connectivity index (χ0v) is 15.0. The number of hydrogen-bond acceptors (Lipinski definition) is 8. The molecule has 0 heterocycles. The van der Waals surface area contributed by atoms with E-state index in [0.29, 0.717) is 13.2 Å². The number of carbonyl (C=O) groups excluding carboxylic acids is 1. The molecule has 0 radical (unpaired) electrons. The van der Waals surface area contributed by atoms with Gasteiger partial charge < -0.3 is 35.0 Å². The summed E-state index contributed by atoms with van der Waals surface area (Å²) in [7, 11) is 1.31. The van der Waals surface area contributed by atoms with Crippen LogP contribution in [0.4, 0.5) is 0 Å². The molecule has 11 nitrogen and oxygen atoms in total. The molecular formula is C17H22O11. The summed E-state index contributed by atoms with van der Waals surface area (Å²) in [4.78, 5) is 41.6. The molecule has 0 bridgehead atoms. The first-order chi connectivity index (χ1) is 13.2. The van der Waals surface area contributed by atoms with Gasteiger partial charge in [-0.05, 0) is 18.2 Å². The van der Waals surface area contributed by atoms with E-state index in [1.54, 1.807) is 0 Å². The number of hydrogen-bond donors (Lipinski definition) is 5. The topological polar surface area (TPSA) is 188 Å². The fourth-order valence-electron chi connectivity index (χ4n) is 1.36. The molecule has 0 spiro atoms. The Morgan fingerprint density at radius 1 is 0.929 bits per heavy atom. The molecule has 0 aliphatic carbocycles. The Hall–Kier alpha value is -3.28. The van der Waals surface area contributed by atoms with Crippen molar-refractivity contribution >= 4 is 23.9 Å². The molecular weight excluding hydrogens is 380 g/mol. The van der Waals surface area contributed by atoms with Crippen molar-refractivity contribution in [1.82, 2.24) is 0 Å². The van der Waals surface area contributed by atoms with Crippen LogP contribution in [-0.2, 0) is 14.3 Å². The summed E-state index contributed by atoms with van der Waals surface area (Å²) in [5.74, 6) is -4.59. The van der Waals surface area contributed by atoms with E-state index >= 15 is 0 Å². The normalized spacial score (nSPS) is 8.96. The predicted molar refractivity (Wildman–Crippen MR) is 94.5 cm³/mol. The Labute approximate surface area is 160 Å². The molecule has 0 fully saturated rings. The van der Waals surface area contributed by atoms with E-state index in [9.17, 15) is 19.2 Å². The van der Waals surface area contributed by atoms with E-state index in [2.05, 4.69) is 16.1 Å². The lowest BCUT2D eigenvalue weighted by Crippen LogP contribution is -2.10. The molecule has 0 unspecified atom stereocenters. The minimum absolute atomic E-state index is 0.0278. The predicted octanol–water partition coefficient (Wildman–Crippen LogP) is 0.114. The third kappa shape index (κ3) is 12.1. The van der Waals surface area contributed by atoms with E-state index < -0.39 is 35.0 Å². The van der Waals surface area contributed by atoms with Crippen LogP contribution in [0, 0.1) is 0 Å².